The van der Waals surface area contributed by atoms with E-state index in [4.69, 9.17) is 0 Å². The molecular weight excluding hydrogens is 160 g/mol. The van der Waals surface area contributed by atoms with Crippen LogP contribution < -0.4 is 10.2 Å². The number of nitrogens with zero attached hydrogens (tertiary/aromatic N) is 3. The second-order valence-electron chi connectivity index (χ2n) is 2.32. The van der Waals surface area contributed by atoms with E-state index in [1.54, 1.807) is 0 Å². The van der Waals surface area contributed by atoms with Gasteiger partial charge in [0.05, 0.1) is 0 Å². The lowest BCUT2D eigenvalue weighted by Crippen LogP contribution is -2.10. The average Bonchev–Trinajstić information content (AvgIpc) is 2.37. The minimum absolute atomic E-state index is 0. The Balaban J connectivity index is 0.00000121. The summed E-state index contributed by atoms with van der Waals surface area (Å²) >= 11 is 1.39. The number of nitrogens with one attached hydrogen (secondary N) is 1. The Morgan fingerprint density at radius 3 is 2.82 bits per heavy atom. The molecule has 0 unspecified atom stereocenters. The van der Waals surface area contributed by atoms with Crippen LogP contribution in [0, 0.1) is 0 Å². The molecule has 0 aliphatic carbocycles. The molecule has 64 valence electrons. The third-order valence-corrected chi connectivity index (χ3v) is 1.81. The fourth-order valence-corrected chi connectivity index (χ4v) is 1.32. The first kappa shape index (κ1) is 8.26. The van der Waals surface area contributed by atoms with Crippen LogP contribution in [0.4, 0.5) is 11.1 Å². The largest absolute Gasteiger partial charge is 0.361 e. The predicted molar refractivity (Wildman–Crippen MR) is 50.5 cm³/mol. The van der Waals surface area contributed by atoms with Crippen molar-refractivity contribution in [2.75, 3.05) is 30.9 Å². The summed E-state index contributed by atoms with van der Waals surface area (Å²) in [5.74, 6) is 0.769. The lowest BCUT2D eigenvalue weighted by atomic mass is 10.7. The zero-order chi connectivity index (χ0) is 8.27. The first-order chi connectivity index (χ1) is 5.24. The van der Waals surface area contributed by atoms with Crippen LogP contribution in [0.5, 0.6) is 0 Å². The number of hydrogen-bond acceptors (Lipinski definition) is 5. The summed E-state index contributed by atoms with van der Waals surface area (Å²) in [6, 6.07) is 0. The molecule has 0 saturated carbocycles. The molecule has 0 aromatic carbocycles. The van der Waals surface area contributed by atoms with Gasteiger partial charge in [0.15, 0.2) is 0 Å². The van der Waals surface area contributed by atoms with Crippen LogP contribution in [0.1, 0.15) is 8.35 Å². The highest BCUT2D eigenvalue weighted by molar-refractivity contribution is 7.09. The van der Waals surface area contributed by atoms with Gasteiger partial charge in [0.2, 0.25) is 11.1 Å². The highest BCUT2D eigenvalue weighted by Gasteiger charge is 2.02. The molecule has 11 heavy (non-hydrogen) atoms. The van der Waals surface area contributed by atoms with Gasteiger partial charge in [0.25, 0.3) is 0 Å². The van der Waals surface area contributed by atoms with Crippen molar-refractivity contribution in [1.82, 2.24) is 9.36 Å². The van der Waals surface area contributed by atoms with Crippen LogP contribution in [0.15, 0.2) is 0 Å². The van der Waals surface area contributed by atoms with Crippen LogP contribution in [0.2, 0.25) is 0 Å². The Hall–Kier alpha value is -0.840. The third kappa shape index (κ3) is 2.04. The fourth-order valence-electron chi connectivity index (χ4n) is 0.620. The number of hydrogen-bond donors (Lipinski definition) is 1. The van der Waals surface area contributed by atoms with Crippen LogP contribution in [-0.4, -0.2) is 30.0 Å². The average molecular weight is 174 g/mol. The van der Waals surface area contributed by atoms with Gasteiger partial charge < -0.3 is 10.2 Å². The quantitative estimate of drug-likeness (QED) is 0.749. The molecule has 0 amide bonds. The van der Waals surface area contributed by atoms with E-state index in [-0.39, 0.29) is 1.43 Å². The summed E-state index contributed by atoms with van der Waals surface area (Å²) in [6.07, 6.45) is 0. The van der Waals surface area contributed by atoms with E-state index in [1.807, 2.05) is 25.9 Å². The maximum Gasteiger partial charge on any atom is 0.238 e. The Bertz CT molecular complexity index is 225. The second-order valence-corrected chi connectivity index (χ2v) is 3.08. The molecule has 1 heterocycles. The van der Waals surface area contributed by atoms with Crippen molar-refractivity contribution < 1.29 is 1.43 Å². The third-order valence-electron chi connectivity index (χ3n) is 1.14. The summed E-state index contributed by atoms with van der Waals surface area (Å²) in [7, 11) is 3.86. The van der Waals surface area contributed by atoms with Crippen LogP contribution in [0.25, 0.3) is 0 Å². The van der Waals surface area contributed by atoms with Crippen LogP contribution in [0.3, 0.4) is 0 Å². The van der Waals surface area contributed by atoms with Crippen LogP contribution >= 0.6 is 11.5 Å². The molecule has 0 spiro atoms. The molecule has 0 aliphatic heterocycles. The summed E-state index contributed by atoms with van der Waals surface area (Å²) in [5, 5.41) is 3.99. The summed E-state index contributed by atoms with van der Waals surface area (Å²) in [6.45, 7) is 2.93. The summed E-state index contributed by atoms with van der Waals surface area (Å²) in [4.78, 5) is 6.11. The minimum Gasteiger partial charge on any atom is -0.361 e. The van der Waals surface area contributed by atoms with Gasteiger partial charge in [-0.3, -0.25) is 0 Å². The molecule has 1 rings (SSSR count). The van der Waals surface area contributed by atoms with E-state index >= 15 is 0 Å². The van der Waals surface area contributed by atoms with Crippen molar-refractivity contribution in [1.29, 1.82) is 0 Å². The van der Waals surface area contributed by atoms with Crippen molar-refractivity contribution >= 4 is 22.6 Å². The molecule has 4 nitrogen and oxygen atoms in total. The lowest BCUT2D eigenvalue weighted by molar-refractivity contribution is 1.04. The molecule has 1 aromatic heterocycles. The summed E-state index contributed by atoms with van der Waals surface area (Å²) < 4.78 is 4.13. The van der Waals surface area contributed by atoms with Gasteiger partial charge >= 0.3 is 0 Å². The molecule has 0 fully saturated rings. The normalized spacial score (nSPS) is 9.73. The van der Waals surface area contributed by atoms with E-state index < -0.39 is 0 Å². The molecule has 1 aromatic rings. The minimum atomic E-state index is 0. The second kappa shape index (κ2) is 3.52. The molecule has 0 aliphatic rings. The maximum atomic E-state index is 4.22. The lowest BCUT2D eigenvalue weighted by Gasteiger charge is -2.03. The summed E-state index contributed by atoms with van der Waals surface area (Å²) in [5.41, 5.74) is 0. The Labute approximate surface area is 71.9 Å². The first-order valence-corrected chi connectivity index (χ1v) is 4.26. The Morgan fingerprint density at radius 1 is 1.64 bits per heavy atom. The monoisotopic (exact) mass is 174 g/mol. The number of anilines is 2. The van der Waals surface area contributed by atoms with Gasteiger partial charge in [-0.15, -0.1) is 0 Å². The van der Waals surface area contributed by atoms with Crippen LogP contribution in [-0.2, 0) is 0 Å². The first-order valence-electron chi connectivity index (χ1n) is 3.49. The molecular formula is C6H14N4S. The fraction of sp³-hybridized carbons (Fsp3) is 0.667. The molecule has 0 radical (unpaired) electrons. The predicted octanol–water partition coefficient (Wildman–Crippen LogP) is 1.28. The van der Waals surface area contributed by atoms with Gasteiger partial charge in [0, 0.05) is 33.6 Å². The van der Waals surface area contributed by atoms with Gasteiger partial charge in [0.1, 0.15) is 0 Å². The maximum absolute atomic E-state index is 4.22. The number of aromatic nitrogens is 2. The highest BCUT2D eigenvalue weighted by Crippen LogP contribution is 2.15. The van der Waals surface area contributed by atoms with E-state index in [0.29, 0.717) is 0 Å². The van der Waals surface area contributed by atoms with Gasteiger partial charge in [-0.1, -0.05) is 0 Å². The highest BCUT2D eigenvalue weighted by atomic mass is 32.1. The van der Waals surface area contributed by atoms with Crippen molar-refractivity contribution in [3.05, 3.63) is 0 Å². The van der Waals surface area contributed by atoms with Crippen molar-refractivity contribution in [3.8, 4) is 0 Å². The standard InChI is InChI=1S/C6H12N4S.H2/c1-4-7-6-8-5(9-11-6)10(2)3;/h4H2,1-3H3,(H,7,8,9);1H. The molecule has 0 bridgehead atoms. The van der Waals surface area contributed by atoms with E-state index in [1.165, 1.54) is 11.5 Å². The number of rotatable bonds is 3. The molecule has 0 atom stereocenters. The topological polar surface area (TPSA) is 41.1 Å². The zero-order valence-electron chi connectivity index (χ0n) is 6.96. The van der Waals surface area contributed by atoms with Crippen molar-refractivity contribution in [3.63, 3.8) is 0 Å². The van der Waals surface area contributed by atoms with E-state index in [2.05, 4.69) is 14.7 Å². The molecule has 0 saturated heterocycles. The van der Waals surface area contributed by atoms with E-state index in [9.17, 15) is 0 Å². The Morgan fingerprint density at radius 2 is 2.36 bits per heavy atom. The Kier molecular flexibility index (Phi) is 2.64. The zero-order valence-corrected chi connectivity index (χ0v) is 7.77. The van der Waals surface area contributed by atoms with E-state index in [0.717, 1.165) is 17.6 Å². The van der Waals surface area contributed by atoms with Crippen molar-refractivity contribution in [2.24, 2.45) is 0 Å². The smallest absolute Gasteiger partial charge is 0.238 e. The van der Waals surface area contributed by atoms with Gasteiger partial charge in [-0.25, -0.2) is 0 Å². The van der Waals surface area contributed by atoms with Crippen molar-refractivity contribution in [2.45, 2.75) is 6.92 Å². The molecule has 5 heteroatoms. The van der Waals surface area contributed by atoms with Gasteiger partial charge in [-0.2, -0.15) is 9.36 Å². The molecule has 1 N–H and O–H groups in total. The SMILES string of the molecule is CCNc1nc(N(C)C)ns1.[HH]. The van der Waals surface area contributed by atoms with Gasteiger partial charge in [-0.05, 0) is 6.92 Å².